The van der Waals surface area contributed by atoms with Crippen LogP contribution >= 0.6 is 0 Å². The Kier molecular flexibility index (Phi) is 5.73. The van der Waals surface area contributed by atoms with E-state index in [0.717, 1.165) is 16.8 Å². The SMILES string of the molecule is O=C(CNC(=O)c1ccccc1)Nc1ccc(-c2ccc3nnc(-c4cccnc4)n3n2)cc1. The number of pyridine rings is 1. The number of carbonyl (C=O) groups is 2. The number of benzene rings is 2. The topological polar surface area (TPSA) is 114 Å². The quantitative estimate of drug-likeness (QED) is 0.411. The van der Waals surface area contributed by atoms with Crippen LogP contribution in [0.5, 0.6) is 0 Å². The molecule has 0 aliphatic carbocycles. The van der Waals surface area contributed by atoms with E-state index in [2.05, 4.69) is 30.9 Å². The Morgan fingerprint density at radius 3 is 2.41 bits per heavy atom. The number of amides is 2. The molecule has 0 atom stereocenters. The molecule has 9 nitrogen and oxygen atoms in total. The van der Waals surface area contributed by atoms with Gasteiger partial charge in [-0.15, -0.1) is 10.2 Å². The van der Waals surface area contributed by atoms with Gasteiger partial charge in [-0.2, -0.15) is 9.61 Å². The number of aromatic nitrogens is 5. The zero-order chi connectivity index (χ0) is 23.3. The number of rotatable bonds is 6. The van der Waals surface area contributed by atoms with Crippen molar-refractivity contribution >= 4 is 23.1 Å². The molecule has 166 valence electrons. The summed E-state index contributed by atoms with van der Waals surface area (Å²) in [5.41, 5.74) is 4.16. The van der Waals surface area contributed by atoms with Gasteiger partial charge in [0.1, 0.15) is 0 Å². The Morgan fingerprint density at radius 2 is 1.65 bits per heavy atom. The molecular formula is C25H19N7O2. The van der Waals surface area contributed by atoms with Crippen LogP contribution in [0.4, 0.5) is 5.69 Å². The first-order valence-electron chi connectivity index (χ1n) is 10.5. The van der Waals surface area contributed by atoms with Gasteiger partial charge in [0.15, 0.2) is 11.5 Å². The molecule has 9 heteroatoms. The van der Waals surface area contributed by atoms with E-state index < -0.39 is 0 Å². The van der Waals surface area contributed by atoms with Gasteiger partial charge in [-0.1, -0.05) is 30.3 Å². The monoisotopic (exact) mass is 449 g/mol. The second-order valence-electron chi connectivity index (χ2n) is 7.43. The summed E-state index contributed by atoms with van der Waals surface area (Å²) in [5, 5.41) is 18.5. The second-order valence-corrected chi connectivity index (χ2v) is 7.43. The molecular weight excluding hydrogens is 430 g/mol. The Morgan fingerprint density at radius 1 is 0.824 bits per heavy atom. The molecule has 2 aromatic carbocycles. The zero-order valence-electron chi connectivity index (χ0n) is 17.9. The minimum atomic E-state index is -0.317. The van der Waals surface area contributed by atoms with Crippen molar-refractivity contribution in [2.45, 2.75) is 0 Å². The maximum Gasteiger partial charge on any atom is 0.251 e. The Hall–Kier alpha value is -4.92. The van der Waals surface area contributed by atoms with Gasteiger partial charge in [-0.05, 0) is 48.5 Å². The molecule has 5 aromatic rings. The summed E-state index contributed by atoms with van der Waals surface area (Å²) >= 11 is 0. The van der Waals surface area contributed by atoms with Crippen LogP contribution in [0.1, 0.15) is 10.4 Å². The van der Waals surface area contributed by atoms with Crippen molar-refractivity contribution in [3.63, 3.8) is 0 Å². The maximum atomic E-state index is 12.2. The lowest BCUT2D eigenvalue weighted by atomic mass is 10.1. The predicted octanol–water partition coefficient (Wildman–Crippen LogP) is 3.22. The molecule has 3 aromatic heterocycles. The van der Waals surface area contributed by atoms with E-state index in [9.17, 15) is 9.59 Å². The highest BCUT2D eigenvalue weighted by Crippen LogP contribution is 2.22. The van der Waals surface area contributed by atoms with Gasteiger partial charge in [0.2, 0.25) is 5.91 Å². The number of nitrogens with one attached hydrogen (secondary N) is 2. The number of carbonyl (C=O) groups excluding carboxylic acids is 2. The first-order chi connectivity index (χ1) is 16.7. The van der Waals surface area contributed by atoms with E-state index in [-0.39, 0.29) is 18.4 Å². The lowest BCUT2D eigenvalue weighted by molar-refractivity contribution is -0.115. The third-order valence-electron chi connectivity index (χ3n) is 5.09. The number of hydrogen-bond donors (Lipinski definition) is 2. The number of hydrogen-bond acceptors (Lipinski definition) is 6. The number of fused-ring (bicyclic) bond motifs is 1. The Bertz CT molecular complexity index is 1450. The molecule has 0 unspecified atom stereocenters. The molecule has 2 amide bonds. The van der Waals surface area contributed by atoms with Crippen LogP contribution in [0.2, 0.25) is 0 Å². The molecule has 34 heavy (non-hydrogen) atoms. The van der Waals surface area contributed by atoms with E-state index in [4.69, 9.17) is 0 Å². The van der Waals surface area contributed by atoms with Crippen LogP contribution in [0.15, 0.2) is 91.3 Å². The average molecular weight is 449 g/mol. The van der Waals surface area contributed by atoms with E-state index in [1.54, 1.807) is 53.3 Å². The Balaban J connectivity index is 1.27. The van der Waals surface area contributed by atoms with Crippen molar-refractivity contribution < 1.29 is 9.59 Å². The summed E-state index contributed by atoms with van der Waals surface area (Å²) in [6.07, 6.45) is 3.41. The molecule has 0 spiro atoms. The zero-order valence-corrected chi connectivity index (χ0v) is 17.9. The first kappa shape index (κ1) is 21.0. The first-order valence-corrected chi connectivity index (χ1v) is 10.5. The van der Waals surface area contributed by atoms with Gasteiger partial charge >= 0.3 is 0 Å². The normalized spacial score (nSPS) is 10.7. The van der Waals surface area contributed by atoms with Crippen molar-refractivity contribution in [3.05, 3.63) is 96.8 Å². The molecule has 0 saturated heterocycles. The highest BCUT2D eigenvalue weighted by atomic mass is 16.2. The summed E-state index contributed by atoms with van der Waals surface area (Å²) in [7, 11) is 0. The van der Waals surface area contributed by atoms with Crippen molar-refractivity contribution in [2.75, 3.05) is 11.9 Å². The van der Waals surface area contributed by atoms with Crippen molar-refractivity contribution in [2.24, 2.45) is 0 Å². The summed E-state index contributed by atoms with van der Waals surface area (Å²) in [6, 6.07) is 23.5. The highest BCUT2D eigenvalue weighted by Gasteiger charge is 2.12. The van der Waals surface area contributed by atoms with Crippen LogP contribution in [-0.4, -0.2) is 43.2 Å². The number of anilines is 1. The van der Waals surface area contributed by atoms with E-state index in [0.29, 0.717) is 22.7 Å². The molecule has 0 fully saturated rings. The molecule has 0 radical (unpaired) electrons. The third kappa shape index (κ3) is 4.49. The van der Waals surface area contributed by atoms with Gasteiger partial charge < -0.3 is 10.6 Å². The maximum absolute atomic E-state index is 12.2. The fourth-order valence-corrected chi connectivity index (χ4v) is 3.40. The van der Waals surface area contributed by atoms with Crippen molar-refractivity contribution in [1.29, 1.82) is 0 Å². The van der Waals surface area contributed by atoms with Gasteiger partial charge in [-0.25, -0.2) is 0 Å². The smallest absolute Gasteiger partial charge is 0.251 e. The molecule has 2 N–H and O–H groups in total. The van der Waals surface area contributed by atoms with Gasteiger partial charge in [0.05, 0.1) is 12.2 Å². The molecule has 3 heterocycles. The van der Waals surface area contributed by atoms with Crippen molar-refractivity contribution in [1.82, 2.24) is 30.1 Å². The lowest BCUT2D eigenvalue weighted by Crippen LogP contribution is -2.32. The van der Waals surface area contributed by atoms with Crippen molar-refractivity contribution in [3.8, 4) is 22.6 Å². The highest BCUT2D eigenvalue weighted by molar-refractivity contribution is 5.99. The summed E-state index contributed by atoms with van der Waals surface area (Å²) in [6.45, 7) is -0.127. The summed E-state index contributed by atoms with van der Waals surface area (Å²) in [4.78, 5) is 28.4. The van der Waals surface area contributed by atoms with E-state index >= 15 is 0 Å². The van der Waals surface area contributed by atoms with Gasteiger partial charge in [0, 0.05) is 34.8 Å². The number of nitrogens with zero attached hydrogens (tertiary/aromatic N) is 5. The molecule has 0 bridgehead atoms. The van der Waals surface area contributed by atoms with Crippen LogP contribution in [-0.2, 0) is 4.79 Å². The molecule has 0 aliphatic rings. The summed E-state index contributed by atoms with van der Waals surface area (Å²) < 4.78 is 1.68. The van der Waals surface area contributed by atoms with Crippen LogP contribution in [0.3, 0.4) is 0 Å². The fraction of sp³-hybridized carbons (Fsp3) is 0.0400. The van der Waals surface area contributed by atoms with Crippen LogP contribution in [0, 0.1) is 0 Å². The predicted molar refractivity (Wildman–Crippen MR) is 127 cm³/mol. The summed E-state index contributed by atoms with van der Waals surface area (Å²) in [5.74, 6) is -0.0132. The van der Waals surface area contributed by atoms with E-state index in [1.807, 2.05) is 42.5 Å². The molecule has 5 rings (SSSR count). The van der Waals surface area contributed by atoms with Gasteiger partial charge in [0.25, 0.3) is 5.91 Å². The second kappa shape index (κ2) is 9.29. The standard InChI is InChI=1S/C25H19N7O2/c33-23(16-27-25(34)18-5-2-1-3-6-18)28-20-10-8-17(9-11-20)21-12-13-22-29-30-24(32(22)31-21)19-7-4-14-26-15-19/h1-15H,16H2,(H,27,34)(H,28,33). The third-order valence-corrected chi connectivity index (χ3v) is 5.09. The minimum absolute atomic E-state index is 0.127. The fourth-order valence-electron chi connectivity index (χ4n) is 3.40. The largest absolute Gasteiger partial charge is 0.343 e. The molecule has 0 saturated carbocycles. The Labute approximate surface area is 194 Å². The van der Waals surface area contributed by atoms with Crippen LogP contribution in [0.25, 0.3) is 28.3 Å². The molecule has 0 aliphatic heterocycles. The van der Waals surface area contributed by atoms with Crippen LogP contribution < -0.4 is 10.6 Å². The average Bonchev–Trinajstić information content (AvgIpc) is 3.32. The lowest BCUT2D eigenvalue weighted by Gasteiger charge is -2.08. The van der Waals surface area contributed by atoms with Gasteiger partial charge in [-0.3, -0.25) is 14.6 Å². The van der Waals surface area contributed by atoms with E-state index in [1.165, 1.54) is 0 Å². The minimum Gasteiger partial charge on any atom is -0.343 e.